The number of carbonyl (C=O) groups excluding carboxylic acids is 1. The van der Waals surface area contributed by atoms with Crippen LogP contribution < -0.4 is 15.2 Å². The molecule has 0 aliphatic heterocycles. The number of primary amides is 1. The van der Waals surface area contributed by atoms with Crippen LogP contribution in [-0.2, 0) is 22.9 Å². The van der Waals surface area contributed by atoms with E-state index in [1.807, 2.05) is 32.9 Å². The number of nitrogens with one attached hydrogen (secondary N) is 1. The van der Waals surface area contributed by atoms with Crippen LogP contribution in [0.1, 0.15) is 40.9 Å². The Morgan fingerprint density at radius 3 is 2.15 bits per heavy atom. The number of anilines is 1. The standard InChI is InChI=1S/C19H24N2O4S/c1-5-13-9-12(3)10-14(6-2)18(13)21-26(23,24)15-7-8-17(25-4)16(11-15)19(20)22/h7-11,21H,5-6H2,1-4H3,(H2,20,22). The zero-order valence-corrected chi connectivity index (χ0v) is 16.2. The largest absolute Gasteiger partial charge is 0.496 e. The van der Waals surface area contributed by atoms with Crippen molar-refractivity contribution in [1.29, 1.82) is 0 Å². The molecule has 0 spiro atoms. The van der Waals surface area contributed by atoms with Crippen molar-refractivity contribution in [1.82, 2.24) is 0 Å². The predicted octanol–water partition coefficient (Wildman–Crippen LogP) is 3.03. The lowest BCUT2D eigenvalue weighted by atomic mass is 10.0. The molecule has 6 nitrogen and oxygen atoms in total. The van der Waals surface area contributed by atoms with Gasteiger partial charge in [0.05, 0.1) is 23.3 Å². The van der Waals surface area contributed by atoms with Crippen LogP contribution in [-0.4, -0.2) is 21.4 Å². The van der Waals surface area contributed by atoms with Gasteiger partial charge in [-0.05, 0) is 49.1 Å². The van der Waals surface area contributed by atoms with Gasteiger partial charge in [-0.25, -0.2) is 8.42 Å². The molecule has 0 saturated carbocycles. The van der Waals surface area contributed by atoms with E-state index < -0.39 is 15.9 Å². The number of hydrogen-bond acceptors (Lipinski definition) is 4. The Balaban J connectivity index is 2.54. The molecule has 26 heavy (non-hydrogen) atoms. The summed E-state index contributed by atoms with van der Waals surface area (Å²) < 4.78 is 33.5. The normalized spacial score (nSPS) is 11.2. The monoisotopic (exact) mass is 376 g/mol. The molecule has 0 radical (unpaired) electrons. The van der Waals surface area contributed by atoms with Crippen molar-refractivity contribution in [3.8, 4) is 5.75 Å². The van der Waals surface area contributed by atoms with Crippen LogP contribution in [0.15, 0.2) is 35.2 Å². The summed E-state index contributed by atoms with van der Waals surface area (Å²) in [6.45, 7) is 5.94. The van der Waals surface area contributed by atoms with Crippen LogP contribution in [0.4, 0.5) is 5.69 Å². The molecular formula is C19H24N2O4S. The summed E-state index contributed by atoms with van der Waals surface area (Å²) in [7, 11) is -2.50. The first kappa shape index (κ1) is 19.8. The van der Waals surface area contributed by atoms with Gasteiger partial charge < -0.3 is 10.5 Å². The molecule has 2 aromatic rings. The molecule has 3 N–H and O–H groups in total. The van der Waals surface area contributed by atoms with Gasteiger partial charge in [-0.15, -0.1) is 0 Å². The Hall–Kier alpha value is -2.54. The van der Waals surface area contributed by atoms with Gasteiger partial charge in [0.25, 0.3) is 15.9 Å². The number of methoxy groups -OCH3 is 1. The summed E-state index contributed by atoms with van der Waals surface area (Å²) in [4.78, 5) is 11.5. The second-order valence-electron chi connectivity index (χ2n) is 6.00. The van der Waals surface area contributed by atoms with Gasteiger partial charge in [0.1, 0.15) is 5.75 Å². The van der Waals surface area contributed by atoms with Crippen molar-refractivity contribution < 1.29 is 17.9 Å². The lowest BCUT2D eigenvalue weighted by Crippen LogP contribution is -2.18. The van der Waals surface area contributed by atoms with Crippen molar-refractivity contribution in [3.05, 3.63) is 52.6 Å². The van der Waals surface area contributed by atoms with Crippen LogP contribution in [0, 0.1) is 6.92 Å². The predicted molar refractivity (Wildman–Crippen MR) is 102 cm³/mol. The number of hydrogen-bond donors (Lipinski definition) is 2. The minimum atomic E-state index is -3.89. The SMILES string of the molecule is CCc1cc(C)cc(CC)c1NS(=O)(=O)c1ccc(OC)c(C(N)=O)c1. The fourth-order valence-corrected chi connectivity index (χ4v) is 4.04. The van der Waals surface area contributed by atoms with Gasteiger partial charge in [0, 0.05) is 0 Å². The van der Waals surface area contributed by atoms with Crippen LogP contribution in [0.25, 0.3) is 0 Å². The third-order valence-electron chi connectivity index (χ3n) is 4.19. The van der Waals surface area contributed by atoms with Gasteiger partial charge in [-0.1, -0.05) is 31.5 Å². The topological polar surface area (TPSA) is 98.5 Å². The summed E-state index contributed by atoms with van der Waals surface area (Å²) in [6, 6.07) is 7.99. The zero-order valence-electron chi connectivity index (χ0n) is 15.4. The van der Waals surface area contributed by atoms with Crippen LogP contribution in [0.2, 0.25) is 0 Å². The zero-order chi connectivity index (χ0) is 19.5. The molecule has 0 aliphatic rings. The van der Waals surface area contributed by atoms with E-state index in [0.29, 0.717) is 18.5 Å². The fourth-order valence-electron chi connectivity index (χ4n) is 2.87. The third-order valence-corrected chi connectivity index (χ3v) is 5.54. The number of amides is 1. The molecule has 0 fully saturated rings. The number of aryl methyl sites for hydroxylation is 3. The van der Waals surface area contributed by atoms with Gasteiger partial charge in [0.2, 0.25) is 0 Å². The molecule has 0 saturated heterocycles. The summed E-state index contributed by atoms with van der Waals surface area (Å²) in [5, 5.41) is 0. The molecule has 0 aliphatic carbocycles. The summed E-state index contributed by atoms with van der Waals surface area (Å²) in [5.41, 5.74) is 8.88. The highest BCUT2D eigenvalue weighted by atomic mass is 32.2. The first-order valence-corrected chi connectivity index (χ1v) is 9.84. The minimum absolute atomic E-state index is 0.0192. The number of nitrogens with two attached hydrogens (primary N) is 1. The highest BCUT2D eigenvalue weighted by molar-refractivity contribution is 7.92. The second kappa shape index (κ2) is 7.78. The molecule has 7 heteroatoms. The van der Waals surface area contributed by atoms with E-state index in [0.717, 1.165) is 16.7 Å². The number of rotatable bonds is 7. The first-order chi connectivity index (χ1) is 12.2. The second-order valence-corrected chi connectivity index (χ2v) is 7.68. The van der Waals surface area contributed by atoms with Crippen LogP contribution in [0.5, 0.6) is 5.75 Å². The van der Waals surface area contributed by atoms with Crippen molar-refractivity contribution in [2.24, 2.45) is 5.73 Å². The van der Waals surface area contributed by atoms with E-state index in [-0.39, 0.29) is 16.2 Å². The van der Waals surface area contributed by atoms with Gasteiger partial charge in [-0.3, -0.25) is 9.52 Å². The molecule has 2 rings (SSSR count). The number of benzene rings is 2. The van der Waals surface area contributed by atoms with Crippen molar-refractivity contribution in [3.63, 3.8) is 0 Å². The average Bonchev–Trinajstić information content (AvgIpc) is 2.61. The summed E-state index contributed by atoms with van der Waals surface area (Å²) >= 11 is 0. The summed E-state index contributed by atoms with van der Waals surface area (Å²) in [5.74, 6) is -0.520. The highest BCUT2D eigenvalue weighted by Gasteiger charge is 2.21. The molecule has 0 bridgehead atoms. The first-order valence-electron chi connectivity index (χ1n) is 8.36. The Labute approximate surface area is 154 Å². The van der Waals surface area contributed by atoms with Crippen molar-refractivity contribution >= 4 is 21.6 Å². The third kappa shape index (κ3) is 3.99. The number of ether oxygens (including phenoxy) is 1. The van der Waals surface area contributed by atoms with E-state index >= 15 is 0 Å². The van der Waals surface area contributed by atoms with Crippen molar-refractivity contribution in [2.75, 3.05) is 11.8 Å². The van der Waals surface area contributed by atoms with E-state index in [1.165, 1.54) is 25.3 Å². The molecule has 0 atom stereocenters. The van der Waals surface area contributed by atoms with Crippen molar-refractivity contribution in [2.45, 2.75) is 38.5 Å². The fraction of sp³-hybridized carbons (Fsp3) is 0.316. The maximum atomic E-state index is 12.9. The Morgan fingerprint density at radius 2 is 1.69 bits per heavy atom. The quantitative estimate of drug-likeness (QED) is 0.776. The molecule has 0 heterocycles. The average molecular weight is 376 g/mol. The number of sulfonamides is 1. The van der Waals surface area contributed by atoms with Crippen LogP contribution >= 0.6 is 0 Å². The van der Waals surface area contributed by atoms with E-state index in [4.69, 9.17) is 10.5 Å². The van der Waals surface area contributed by atoms with E-state index in [2.05, 4.69) is 4.72 Å². The maximum Gasteiger partial charge on any atom is 0.261 e. The van der Waals surface area contributed by atoms with E-state index in [1.54, 1.807) is 0 Å². The Bertz CT molecular complexity index is 912. The van der Waals surface area contributed by atoms with Gasteiger partial charge >= 0.3 is 0 Å². The van der Waals surface area contributed by atoms with Crippen LogP contribution in [0.3, 0.4) is 0 Å². The molecule has 1 amide bonds. The molecule has 0 aromatic heterocycles. The molecule has 2 aromatic carbocycles. The number of carbonyl (C=O) groups is 1. The van der Waals surface area contributed by atoms with E-state index in [9.17, 15) is 13.2 Å². The smallest absolute Gasteiger partial charge is 0.261 e. The lowest BCUT2D eigenvalue weighted by Gasteiger charge is -2.17. The molecule has 0 unspecified atom stereocenters. The van der Waals surface area contributed by atoms with Gasteiger partial charge in [0.15, 0.2) is 0 Å². The maximum absolute atomic E-state index is 12.9. The minimum Gasteiger partial charge on any atom is -0.496 e. The van der Waals surface area contributed by atoms with Gasteiger partial charge in [-0.2, -0.15) is 0 Å². The Kier molecular flexibility index (Phi) is 5.92. The molecule has 140 valence electrons. The Morgan fingerprint density at radius 1 is 1.12 bits per heavy atom. The summed E-state index contributed by atoms with van der Waals surface area (Å²) in [6.07, 6.45) is 1.39. The molecular weight excluding hydrogens is 352 g/mol. The highest BCUT2D eigenvalue weighted by Crippen LogP contribution is 2.29. The lowest BCUT2D eigenvalue weighted by molar-refractivity contribution is 0.0997.